The number of carbonyl (C=O) groups is 2. The first-order valence-corrected chi connectivity index (χ1v) is 12.3. The summed E-state index contributed by atoms with van der Waals surface area (Å²) in [5.41, 5.74) is 3.81. The van der Waals surface area contributed by atoms with Gasteiger partial charge in [-0.1, -0.05) is 66.7 Å². The van der Waals surface area contributed by atoms with Crippen molar-refractivity contribution in [1.29, 1.82) is 0 Å². The van der Waals surface area contributed by atoms with Crippen LogP contribution in [0, 0.1) is 11.7 Å². The van der Waals surface area contributed by atoms with E-state index in [1.54, 1.807) is 21.9 Å². The minimum atomic E-state index is -1.25. The average molecular weight is 489 g/mol. The number of hydrogen-bond donors (Lipinski definition) is 1. The van der Waals surface area contributed by atoms with Gasteiger partial charge in [-0.05, 0) is 47.2 Å². The summed E-state index contributed by atoms with van der Waals surface area (Å²) in [6, 6.07) is 23.1. The van der Waals surface area contributed by atoms with Gasteiger partial charge in [-0.3, -0.25) is 4.79 Å². The lowest BCUT2D eigenvalue weighted by atomic mass is 9.87. The zero-order valence-corrected chi connectivity index (χ0v) is 19.9. The molecule has 0 saturated carbocycles. The van der Waals surface area contributed by atoms with Gasteiger partial charge in [0.2, 0.25) is 0 Å². The molecule has 1 fully saturated rings. The first kappa shape index (κ1) is 24.0. The van der Waals surface area contributed by atoms with Gasteiger partial charge in [-0.2, -0.15) is 0 Å². The van der Waals surface area contributed by atoms with E-state index in [2.05, 4.69) is 0 Å². The van der Waals surface area contributed by atoms with E-state index in [-0.39, 0.29) is 30.8 Å². The summed E-state index contributed by atoms with van der Waals surface area (Å²) in [7, 11) is 0. The van der Waals surface area contributed by atoms with Gasteiger partial charge in [0.15, 0.2) is 0 Å². The van der Waals surface area contributed by atoms with Crippen molar-refractivity contribution >= 4 is 12.0 Å². The lowest BCUT2D eigenvalue weighted by Crippen LogP contribution is -2.48. The molecule has 2 aliphatic rings. The zero-order valence-electron chi connectivity index (χ0n) is 19.9. The molecule has 2 amide bonds. The third-order valence-electron chi connectivity index (χ3n) is 7.14. The highest BCUT2D eigenvalue weighted by molar-refractivity contribution is 5.82. The lowest BCUT2D eigenvalue weighted by Gasteiger charge is -2.39. The Kier molecular flexibility index (Phi) is 7.00. The molecule has 7 heteroatoms. The molecular weight excluding hydrogens is 459 g/mol. The minimum absolute atomic E-state index is 0.175. The Morgan fingerprint density at radius 3 is 2.47 bits per heavy atom. The molecule has 5 rings (SSSR count). The number of nitrogens with zero attached hydrogens (tertiary/aromatic N) is 2. The number of hydrogen-bond acceptors (Lipinski definition) is 4. The molecule has 36 heavy (non-hydrogen) atoms. The maximum absolute atomic E-state index is 13.6. The smallest absolute Gasteiger partial charge is 0.410 e. The molecule has 3 atom stereocenters. The summed E-state index contributed by atoms with van der Waals surface area (Å²) in [4.78, 5) is 29.4. The number of rotatable bonds is 5. The van der Waals surface area contributed by atoms with Crippen molar-refractivity contribution in [3.63, 3.8) is 0 Å². The molecule has 0 radical (unpaired) electrons. The van der Waals surface area contributed by atoms with Crippen LogP contribution in [0.2, 0.25) is 0 Å². The zero-order chi connectivity index (χ0) is 25.1. The van der Waals surface area contributed by atoms with Crippen molar-refractivity contribution in [2.75, 3.05) is 19.6 Å². The highest BCUT2D eigenvalue weighted by atomic mass is 19.1. The number of fused-ring (bicyclic) bond motifs is 1. The van der Waals surface area contributed by atoms with Crippen LogP contribution in [0.15, 0.2) is 78.9 Å². The largest absolute Gasteiger partial charge is 0.445 e. The number of carbonyl (C=O) groups excluding carboxylic acids is 2. The SMILES string of the molecule is O=C(OCc1ccccc1)N1CCC(C(O)C(=O)N2CCc3ccccc3[C@@H]2c2ccc(F)cc2)C1. The second-order valence-electron chi connectivity index (χ2n) is 9.41. The summed E-state index contributed by atoms with van der Waals surface area (Å²) >= 11 is 0. The van der Waals surface area contributed by atoms with Crippen molar-refractivity contribution < 1.29 is 23.8 Å². The van der Waals surface area contributed by atoms with Crippen molar-refractivity contribution in [1.82, 2.24) is 9.80 Å². The predicted molar refractivity (Wildman–Crippen MR) is 132 cm³/mol. The van der Waals surface area contributed by atoms with Crippen molar-refractivity contribution in [3.05, 3.63) is 107 Å². The highest BCUT2D eigenvalue weighted by Crippen LogP contribution is 2.36. The minimum Gasteiger partial charge on any atom is -0.445 e. The molecule has 0 spiro atoms. The number of ether oxygens (including phenoxy) is 1. The van der Waals surface area contributed by atoms with Crippen LogP contribution in [0.5, 0.6) is 0 Å². The molecule has 1 saturated heterocycles. The van der Waals surface area contributed by atoms with Gasteiger partial charge in [-0.25, -0.2) is 9.18 Å². The second kappa shape index (κ2) is 10.5. The first-order valence-electron chi connectivity index (χ1n) is 12.3. The summed E-state index contributed by atoms with van der Waals surface area (Å²) in [5.74, 6) is -1.10. The van der Waals surface area contributed by atoms with E-state index in [9.17, 15) is 19.1 Å². The second-order valence-corrected chi connectivity index (χ2v) is 9.41. The van der Waals surface area contributed by atoms with Crippen molar-refractivity contribution in [2.24, 2.45) is 5.92 Å². The molecule has 0 bridgehead atoms. The number of halogens is 1. The predicted octanol–water partition coefficient (Wildman–Crippen LogP) is 4.32. The fourth-order valence-corrected chi connectivity index (χ4v) is 5.20. The fraction of sp³-hybridized carbons (Fsp3) is 0.310. The van der Waals surface area contributed by atoms with Crippen LogP contribution >= 0.6 is 0 Å². The molecule has 0 aliphatic carbocycles. The standard InChI is InChI=1S/C29H29FN2O4/c30-24-12-10-22(11-13-24)26-25-9-5-4-8-21(25)15-17-32(26)28(34)27(33)23-14-16-31(18-23)29(35)36-19-20-6-2-1-3-7-20/h1-13,23,26-27,33H,14-19H2/t23?,26-,27?/m0/s1. The van der Waals surface area contributed by atoms with Crippen molar-refractivity contribution in [2.45, 2.75) is 31.6 Å². The number of aliphatic hydroxyl groups excluding tert-OH is 1. The Balaban J connectivity index is 1.28. The van der Waals surface area contributed by atoms with E-state index in [0.717, 1.165) is 22.3 Å². The van der Waals surface area contributed by atoms with E-state index < -0.39 is 18.2 Å². The van der Waals surface area contributed by atoms with Gasteiger partial charge in [0.1, 0.15) is 18.5 Å². The van der Waals surface area contributed by atoms with Crippen LogP contribution in [0.25, 0.3) is 0 Å². The maximum atomic E-state index is 13.6. The number of amides is 2. The normalized spacial score (nSPS) is 20.1. The summed E-state index contributed by atoms with van der Waals surface area (Å²) in [6.07, 6.45) is -0.504. The topological polar surface area (TPSA) is 70.1 Å². The Hall–Kier alpha value is -3.71. The van der Waals surface area contributed by atoms with E-state index in [4.69, 9.17) is 4.74 Å². The molecular formula is C29H29FN2O4. The van der Waals surface area contributed by atoms with E-state index >= 15 is 0 Å². The average Bonchev–Trinajstić information content (AvgIpc) is 3.42. The van der Waals surface area contributed by atoms with Gasteiger partial charge < -0.3 is 19.6 Å². The number of benzene rings is 3. The van der Waals surface area contributed by atoms with Gasteiger partial charge in [0, 0.05) is 25.6 Å². The van der Waals surface area contributed by atoms with Crippen LogP contribution in [0.3, 0.4) is 0 Å². The van der Waals surface area contributed by atoms with E-state index in [1.807, 2.05) is 54.6 Å². The molecule has 2 heterocycles. The quantitative estimate of drug-likeness (QED) is 0.581. The fourth-order valence-electron chi connectivity index (χ4n) is 5.20. The third-order valence-corrected chi connectivity index (χ3v) is 7.14. The number of likely N-dealkylation sites (tertiary alicyclic amines) is 1. The van der Waals surface area contributed by atoms with Crippen LogP contribution in [0.4, 0.5) is 9.18 Å². The Bertz CT molecular complexity index is 1220. The van der Waals surface area contributed by atoms with E-state index in [1.165, 1.54) is 12.1 Å². The molecule has 2 aliphatic heterocycles. The Morgan fingerprint density at radius 1 is 0.972 bits per heavy atom. The highest BCUT2D eigenvalue weighted by Gasteiger charge is 2.40. The monoisotopic (exact) mass is 488 g/mol. The molecule has 6 nitrogen and oxygen atoms in total. The van der Waals surface area contributed by atoms with E-state index in [0.29, 0.717) is 25.9 Å². The summed E-state index contributed by atoms with van der Waals surface area (Å²) in [6.45, 7) is 1.30. The Morgan fingerprint density at radius 2 is 1.69 bits per heavy atom. The number of aliphatic hydroxyl groups is 1. The molecule has 0 aromatic heterocycles. The van der Waals surface area contributed by atoms with Crippen LogP contribution in [-0.2, 0) is 22.6 Å². The van der Waals surface area contributed by atoms with Crippen molar-refractivity contribution in [3.8, 4) is 0 Å². The maximum Gasteiger partial charge on any atom is 0.410 e. The third kappa shape index (κ3) is 4.97. The lowest BCUT2D eigenvalue weighted by molar-refractivity contribution is -0.145. The molecule has 1 N–H and O–H groups in total. The summed E-state index contributed by atoms with van der Waals surface area (Å²) in [5, 5.41) is 11.1. The molecule has 2 unspecified atom stereocenters. The molecule has 186 valence electrons. The molecule has 3 aromatic carbocycles. The Labute approximate surface area is 209 Å². The van der Waals surface area contributed by atoms with Gasteiger partial charge >= 0.3 is 6.09 Å². The van der Waals surface area contributed by atoms with Crippen LogP contribution in [0.1, 0.15) is 34.7 Å². The first-order chi connectivity index (χ1) is 17.5. The van der Waals surface area contributed by atoms with Gasteiger partial charge in [-0.15, -0.1) is 0 Å². The summed E-state index contributed by atoms with van der Waals surface area (Å²) < 4.78 is 19.0. The van der Waals surface area contributed by atoms with Gasteiger partial charge in [0.25, 0.3) is 5.91 Å². The molecule has 3 aromatic rings. The van der Waals surface area contributed by atoms with Crippen LogP contribution < -0.4 is 0 Å². The van der Waals surface area contributed by atoms with Crippen LogP contribution in [-0.4, -0.2) is 52.6 Å². The van der Waals surface area contributed by atoms with Gasteiger partial charge in [0.05, 0.1) is 6.04 Å².